The molecule has 2 unspecified atom stereocenters. The highest BCUT2D eigenvalue weighted by molar-refractivity contribution is 6.07. The van der Waals surface area contributed by atoms with Gasteiger partial charge in [0.25, 0.3) is 5.91 Å². The first-order chi connectivity index (χ1) is 17.3. The molecule has 1 spiro atoms. The maximum absolute atomic E-state index is 13.3. The fourth-order valence-corrected chi connectivity index (χ4v) is 7.15. The first kappa shape index (κ1) is 27.9. The molecule has 204 valence electrons. The van der Waals surface area contributed by atoms with E-state index in [1.165, 1.54) is 4.90 Å². The lowest BCUT2D eigenvalue weighted by Crippen LogP contribution is -2.61. The Morgan fingerprint density at radius 2 is 1.68 bits per heavy atom. The van der Waals surface area contributed by atoms with Crippen molar-refractivity contribution < 1.29 is 19.1 Å². The summed E-state index contributed by atoms with van der Waals surface area (Å²) in [5.41, 5.74) is 0.418. The van der Waals surface area contributed by atoms with Gasteiger partial charge in [0.15, 0.2) is 0 Å². The number of benzene rings is 1. The molecule has 1 aromatic carbocycles. The van der Waals surface area contributed by atoms with Gasteiger partial charge in [0.05, 0.1) is 6.04 Å². The van der Waals surface area contributed by atoms with E-state index in [4.69, 9.17) is 4.74 Å². The second-order valence-electron chi connectivity index (χ2n) is 11.3. The molecular formula is C28H41ClN4O4. The van der Waals surface area contributed by atoms with E-state index in [1.807, 2.05) is 36.9 Å². The smallest absolute Gasteiger partial charge is 0.327 e. The van der Waals surface area contributed by atoms with Crippen LogP contribution in [0.3, 0.4) is 0 Å². The van der Waals surface area contributed by atoms with Gasteiger partial charge in [-0.05, 0) is 64.4 Å². The number of urea groups is 1. The molecule has 9 heteroatoms. The van der Waals surface area contributed by atoms with E-state index in [-0.39, 0.29) is 60.3 Å². The van der Waals surface area contributed by atoms with Gasteiger partial charge in [-0.1, -0.05) is 30.3 Å². The van der Waals surface area contributed by atoms with Crippen LogP contribution in [0.15, 0.2) is 30.3 Å². The van der Waals surface area contributed by atoms with Crippen LogP contribution in [0.25, 0.3) is 0 Å². The molecule has 3 atom stereocenters. The quantitative estimate of drug-likeness (QED) is 0.541. The highest BCUT2D eigenvalue weighted by Crippen LogP contribution is 2.48. The van der Waals surface area contributed by atoms with Crippen molar-refractivity contribution in [1.82, 2.24) is 20.0 Å². The summed E-state index contributed by atoms with van der Waals surface area (Å²) in [6, 6.07) is 10.6. The van der Waals surface area contributed by atoms with Crippen LogP contribution in [0.5, 0.6) is 0 Å². The molecular weight excluding hydrogens is 492 g/mol. The lowest BCUT2D eigenvalue weighted by Gasteiger charge is -2.48. The number of amides is 4. The third-order valence-electron chi connectivity index (χ3n) is 8.88. The minimum atomic E-state index is -0.710. The Bertz CT molecular complexity index is 970. The largest absolute Gasteiger partial charge is 0.381 e. The summed E-state index contributed by atoms with van der Waals surface area (Å²) < 4.78 is 5.44. The summed E-state index contributed by atoms with van der Waals surface area (Å²) in [5, 5.41) is 3.35. The van der Waals surface area contributed by atoms with Gasteiger partial charge in [-0.25, -0.2) is 4.79 Å². The van der Waals surface area contributed by atoms with E-state index in [0.717, 1.165) is 44.2 Å². The molecule has 8 nitrogen and oxygen atoms in total. The minimum absolute atomic E-state index is 0. The normalized spacial score (nSPS) is 29.2. The summed E-state index contributed by atoms with van der Waals surface area (Å²) in [7, 11) is 1.62. The fourth-order valence-electron chi connectivity index (χ4n) is 7.15. The number of halogens is 1. The third-order valence-corrected chi connectivity index (χ3v) is 8.88. The molecule has 2 bridgehead atoms. The Kier molecular flexibility index (Phi) is 8.51. The SMILES string of the molecule is CC(C)N1C(=O)N(C)C(=O)C12CC1CCC(C2)N1CC[C@H](NC(=O)C1CCOCC1)c1ccccc1.Cl. The van der Waals surface area contributed by atoms with Gasteiger partial charge < -0.3 is 15.0 Å². The van der Waals surface area contributed by atoms with Crippen molar-refractivity contribution in [3.8, 4) is 0 Å². The van der Waals surface area contributed by atoms with Gasteiger partial charge in [0.2, 0.25) is 5.91 Å². The number of fused-ring (bicyclic) bond motifs is 2. The fraction of sp³-hybridized carbons (Fsp3) is 0.679. The van der Waals surface area contributed by atoms with Gasteiger partial charge in [-0.3, -0.25) is 19.4 Å². The summed E-state index contributed by atoms with van der Waals surface area (Å²) in [6.07, 6.45) is 5.86. The first-order valence-corrected chi connectivity index (χ1v) is 13.6. The van der Waals surface area contributed by atoms with Gasteiger partial charge in [-0.2, -0.15) is 0 Å². The van der Waals surface area contributed by atoms with Crippen molar-refractivity contribution in [2.24, 2.45) is 5.92 Å². The molecule has 4 saturated heterocycles. The van der Waals surface area contributed by atoms with Gasteiger partial charge in [0.1, 0.15) is 5.54 Å². The summed E-state index contributed by atoms with van der Waals surface area (Å²) >= 11 is 0. The standard InChI is InChI=1S/C28H40N4O4.ClH/c1-19(2)32-27(35)30(3)26(34)28(32)17-22-9-10-23(18-28)31(22)14-11-24(20-7-5-4-6-8-20)29-25(33)21-12-15-36-16-13-21;/h4-8,19,21-24H,9-18H2,1-3H3,(H,29,33);1H/t22?,23?,24-,28?;/m0./s1. The maximum Gasteiger partial charge on any atom is 0.327 e. The highest BCUT2D eigenvalue weighted by atomic mass is 35.5. The van der Waals surface area contributed by atoms with E-state index >= 15 is 0 Å². The number of hydrogen-bond acceptors (Lipinski definition) is 5. The Morgan fingerprint density at radius 1 is 1.05 bits per heavy atom. The molecule has 37 heavy (non-hydrogen) atoms. The zero-order chi connectivity index (χ0) is 25.4. The molecule has 1 N–H and O–H groups in total. The average Bonchev–Trinajstić information content (AvgIpc) is 3.23. The Morgan fingerprint density at radius 3 is 2.27 bits per heavy atom. The number of rotatable bonds is 7. The van der Waals surface area contributed by atoms with Crippen LogP contribution in [-0.2, 0) is 14.3 Å². The second kappa shape index (κ2) is 11.3. The Labute approximate surface area is 226 Å². The van der Waals surface area contributed by atoms with Crippen molar-refractivity contribution in [2.45, 2.75) is 88.5 Å². The van der Waals surface area contributed by atoms with Gasteiger partial charge in [-0.15, -0.1) is 12.4 Å². The van der Waals surface area contributed by atoms with Crippen molar-refractivity contribution in [1.29, 1.82) is 0 Å². The number of carbonyl (C=O) groups excluding carboxylic acids is 3. The molecule has 4 aliphatic heterocycles. The number of hydrogen-bond donors (Lipinski definition) is 1. The number of likely N-dealkylation sites (N-methyl/N-ethyl adjacent to an activating group) is 1. The number of carbonyl (C=O) groups is 3. The summed E-state index contributed by atoms with van der Waals surface area (Å²) in [6.45, 7) is 6.17. The van der Waals surface area contributed by atoms with Crippen LogP contribution >= 0.6 is 12.4 Å². The lowest BCUT2D eigenvalue weighted by molar-refractivity contribution is -0.137. The maximum atomic E-state index is 13.3. The van der Waals surface area contributed by atoms with E-state index in [9.17, 15) is 14.4 Å². The lowest BCUT2D eigenvalue weighted by atomic mass is 9.80. The molecule has 0 radical (unpaired) electrons. The predicted molar refractivity (Wildman–Crippen MR) is 143 cm³/mol. The van der Waals surface area contributed by atoms with Crippen molar-refractivity contribution >= 4 is 30.3 Å². The number of imide groups is 1. The van der Waals surface area contributed by atoms with Crippen LogP contribution in [0.1, 0.15) is 70.4 Å². The molecule has 0 saturated carbocycles. The molecule has 4 heterocycles. The molecule has 4 amide bonds. The van der Waals surface area contributed by atoms with E-state index < -0.39 is 5.54 Å². The molecule has 1 aromatic rings. The number of piperidine rings is 1. The Hall–Kier alpha value is -2.16. The van der Waals surface area contributed by atoms with Crippen molar-refractivity contribution in [3.63, 3.8) is 0 Å². The molecule has 4 aliphatic rings. The van der Waals surface area contributed by atoms with Gasteiger partial charge >= 0.3 is 6.03 Å². The third kappa shape index (κ3) is 5.12. The average molecular weight is 533 g/mol. The van der Waals surface area contributed by atoms with Crippen LogP contribution in [0.2, 0.25) is 0 Å². The predicted octanol–water partition coefficient (Wildman–Crippen LogP) is 3.75. The van der Waals surface area contributed by atoms with E-state index in [1.54, 1.807) is 7.05 Å². The van der Waals surface area contributed by atoms with Crippen LogP contribution < -0.4 is 5.32 Å². The highest BCUT2D eigenvalue weighted by Gasteiger charge is 2.62. The van der Waals surface area contributed by atoms with Crippen molar-refractivity contribution in [3.05, 3.63) is 35.9 Å². The zero-order valence-electron chi connectivity index (χ0n) is 22.2. The Balaban J connectivity index is 0.00000320. The summed E-state index contributed by atoms with van der Waals surface area (Å²) in [4.78, 5) is 45.1. The first-order valence-electron chi connectivity index (χ1n) is 13.6. The number of nitrogens with zero attached hydrogens (tertiary/aromatic N) is 3. The van der Waals surface area contributed by atoms with Crippen LogP contribution in [0, 0.1) is 5.92 Å². The topological polar surface area (TPSA) is 82.2 Å². The number of nitrogens with one attached hydrogen (secondary N) is 1. The molecule has 4 fully saturated rings. The monoisotopic (exact) mass is 532 g/mol. The minimum Gasteiger partial charge on any atom is -0.381 e. The van der Waals surface area contributed by atoms with Crippen molar-refractivity contribution in [2.75, 3.05) is 26.8 Å². The van der Waals surface area contributed by atoms with E-state index in [2.05, 4.69) is 22.3 Å². The molecule has 5 rings (SSSR count). The number of ether oxygens (including phenoxy) is 1. The summed E-state index contributed by atoms with van der Waals surface area (Å²) in [5.74, 6) is 0.0999. The van der Waals surface area contributed by atoms with E-state index in [0.29, 0.717) is 26.1 Å². The molecule has 0 aliphatic carbocycles. The molecule has 0 aromatic heterocycles. The second-order valence-corrected chi connectivity index (χ2v) is 11.3. The van der Waals surface area contributed by atoms with Gasteiger partial charge in [0, 0.05) is 50.8 Å². The van der Waals surface area contributed by atoms with Crippen LogP contribution in [-0.4, -0.2) is 83.0 Å². The van der Waals surface area contributed by atoms with Crippen LogP contribution in [0.4, 0.5) is 4.79 Å². The zero-order valence-corrected chi connectivity index (χ0v) is 23.0.